The molecular weight excluding hydrogens is 200 g/mol. The van der Waals surface area contributed by atoms with Gasteiger partial charge in [0, 0.05) is 6.61 Å². The smallest absolute Gasteiger partial charge is 0.189 e. The van der Waals surface area contributed by atoms with Gasteiger partial charge in [0.2, 0.25) is 0 Å². The van der Waals surface area contributed by atoms with Crippen LogP contribution in [0.5, 0.6) is 0 Å². The van der Waals surface area contributed by atoms with E-state index in [1.54, 1.807) is 0 Å². The molecule has 1 unspecified atom stereocenters. The van der Waals surface area contributed by atoms with Crippen LogP contribution in [-0.4, -0.2) is 14.9 Å². The highest BCUT2D eigenvalue weighted by Gasteiger charge is 2.24. The molecule has 0 aliphatic heterocycles. The van der Waals surface area contributed by atoms with Gasteiger partial charge in [-0.3, -0.25) is 0 Å². The van der Waals surface area contributed by atoms with E-state index in [-0.39, 0.29) is 0 Å². The lowest BCUT2D eigenvalue weighted by Gasteiger charge is -2.25. The zero-order valence-corrected chi connectivity index (χ0v) is 12.3. The van der Waals surface area contributed by atoms with Gasteiger partial charge in [-0.05, 0) is 25.6 Å². The Morgan fingerprint density at radius 2 is 1.47 bits per heavy atom. The molecule has 0 saturated heterocycles. The summed E-state index contributed by atoms with van der Waals surface area (Å²) in [5.41, 5.74) is 0. The minimum Gasteiger partial charge on any atom is -0.417 e. The molecule has 0 aliphatic carbocycles. The van der Waals surface area contributed by atoms with Crippen molar-refractivity contribution in [3.63, 3.8) is 0 Å². The first-order valence-corrected chi connectivity index (χ1v) is 9.64. The van der Waals surface area contributed by atoms with Gasteiger partial charge in [-0.1, -0.05) is 52.4 Å². The van der Waals surface area contributed by atoms with Gasteiger partial charge in [0.05, 0.1) is 0 Å². The molecule has 0 bridgehead atoms. The van der Waals surface area contributed by atoms with E-state index in [2.05, 4.69) is 27.3 Å². The second kappa shape index (κ2) is 9.41. The first kappa shape index (κ1) is 15.2. The molecule has 1 atom stereocenters. The average Bonchev–Trinajstić information content (AvgIpc) is 2.24. The first-order valence-electron chi connectivity index (χ1n) is 6.82. The minimum absolute atomic E-state index is 0.909. The van der Waals surface area contributed by atoms with Crippen molar-refractivity contribution in [1.29, 1.82) is 0 Å². The zero-order valence-electron chi connectivity index (χ0n) is 11.3. The fourth-order valence-corrected chi connectivity index (χ4v) is 4.38. The van der Waals surface area contributed by atoms with Gasteiger partial charge in [0.15, 0.2) is 8.32 Å². The summed E-state index contributed by atoms with van der Waals surface area (Å²) in [6, 6.07) is 2.64. The van der Waals surface area contributed by atoms with Crippen molar-refractivity contribution in [2.45, 2.75) is 77.9 Å². The Morgan fingerprint density at radius 3 is 2.00 bits per heavy atom. The summed E-state index contributed by atoms with van der Waals surface area (Å²) in [6.07, 6.45) is 8.41. The number of rotatable bonds is 10. The lowest BCUT2D eigenvalue weighted by atomic mass is 10.1. The molecule has 0 aromatic rings. The van der Waals surface area contributed by atoms with Crippen LogP contribution in [0.2, 0.25) is 18.6 Å². The van der Waals surface area contributed by atoms with E-state index in [0.717, 1.165) is 6.61 Å². The van der Waals surface area contributed by atoms with Gasteiger partial charge >= 0.3 is 0 Å². The SMILES string of the molecule is CCCCCCCC[Si](C)(CC)OCC. The summed E-state index contributed by atoms with van der Waals surface area (Å²) in [5, 5.41) is 0. The van der Waals surface area contributed by atoms with E-state index in [1.165, 1.54) is 50.6 Å². The lowest BCUT2D eigenvalue weighted by Crippen LogP contribution is -2.33. The minimum atomic E-state index is -1.29. The van der Waals surface area contributed by atoms with Gasteiger partial charge < -0.3 is 4.43 Å². The van der Waals surface area contributed by atoms with Crippen molar-refractivity contribution in [2.24, 2.45) is 0 Å². The van der Waals surface area contributed by atoms with Crippen molar-refractivity contribution >= 4 is 8.32 Å². The normalized spacial score (nSPS) is 15.2. The van der Waals surface area contributed by atoms with Crippen LogP contribution in [0.25, 0.3) is 0 Å². The van der Waals surface area contributed by atoms with Crippen molar-refractivity contribution in [2.75, 3.05) is 6.61 Å². The Balaban J connectivity index is 3.46. The molecule has 0 radical (unpaired) electrons. The third-order valence-electron chi connectivity index (χ3n) is 3.30. The molecule has 0 N–H and O–H groups in total. The zero-order chi connectivity index (χ0) is 11.6. The lowest BCUT2D eigenvalue weighted by molar-refractivity contribution is 0.323. The summed E-state index contributed by atoms with van der Waals surface area (Å²) in [6.45, 7) is 9.99. The standard InChI is InChI=1S/C13H30OSi/c1-5-8-9-10-11-12-13-15(4,7-3)14-6-2/h5-13H2,1-4H3. The van der Waals surface area contributed by atoms with Crippen LogP contribution in [0.1, 0.15) is 59.3 Å². The molecule has 0 aromatic heterocycles. The van der Waals surface area contributed by atoms with Crippen molar-refractivity contribution < 1.29 is 4.43 Å². The molecule has 0 rings (SSSR count). The molecule has 0 spiro atoms. The molecule has 0 aliphatic rings. The first-order chi connectivity index (χ1) is 7.18. The molecular formula is C13H30OSi. The summed E-state index contributed by atoms with van der Waals surface area (Å²) in [7, 11) is -1.29. The monoisotopic (exact) mass is 230 g/mol. The number of hydrogen-bond donors (Lipinski definition) is 0. The van der Waals surface area contributed by atoms with Crippen LogP contribution in [-0.2, 0) is 4.43 Å². The van der Waals surface area contributed by atoms with Crippen LogP contribution >= 0.6 is 0 Å². The third-order valence-corrected chi connectivity index (χ3v) is 7.19. The maximum Gasteiger partial charge on any atom is 0.189 e. The van der Waals surface area contributed by atoms with Crippen molar-refractivity contribution in [1.82, 2.24) is 0 Å². The van der Waals surface area contributed by atoms with Gasteiger partial charge in [-0.25, -0.2) is 0 Å². The highest BCUT2D eigenvalue weighted by atomic mass is 28.4. The van der Waals surface area contributed by atoms with E-state index in [4.69, 9.17) is 4.43 Å². The largest absolute Gasteiger partial charge is 0.417 e. The maximum absolute atomic E-state index is 5.95. The second-order valence-electron chi connectivity index (χ2n) is 4.75. The van der Waals surface area contributed by atoms with Crippen LogP contribution in [0, 0.1) is 0 Å². The summed E-state index contributed by atoms with van der Waals surface area (Å²) < 4.78 is 5.95. The third kappa shape index (κ3) is 8.03. The molecule has 15 heavy (non-hydrogen) atoms. The number of unbranched alkanes of at least 4 members (excludes halogenated alkanes) is 5. The van der Waals surface area contributed by atoms with Crippen molar-refractivity contribution in [3.8, 4) is 0 Å². The van der Waals surface area contributed by atoms with Gasteiger partial charge in [-0.15, -0.1) is 0 Å². The van der Waals surface area contributed by atoms with Crippen LogP contribution < -0.4 is 0 Å². The molecule has 0 fully saturated rings. The van der Waals surface area contributed by atoms with Gasteiger partial charge in [0.1, 0.15) is 0 Å². The molecule has 1 nitrogen and oxygen atoms in total. The number of hydrogen-bond acceptors (Lipinski definition) is 1. The Morgan fingerprint density at radius 1 is 0.867 bits per heavy atom. The predicted molar refractivity (Wildman–Crippen MR) is 71.9 cm³/mol. The van der Waals surface area contributed by atoms with E-state index < -0.39 is 8.32 Å². The molecule has 0 amide bonds. The van der Waals surface area contributed by atoms with E-state index in [0.29, 0.717) is 0 Å². The second-order valence-corrected chi connectivity index (χ2v) is 9.15. The summed E-state index contributed by atoms with van der Waals surface area (Å²) in [4.78, 5) is 0. The van der Waals surface area contributed by atoms with Crippen molar-refractivity contribution in [3.05, 3.63) is 0 Å². The van der Waals surface area contributed by atoms with E-state index in [9.17, 15) is 0 Å². The molecule has 0 saturated carbocycles. The van der Waals surface area contributed by atoms with E-state index in [1.807, 2.05) is 0 Å². The van der Waals surface area contributed by atoms with Crippen LogP contribution in [0.15, 0.2) is 0 Å². The Labute approximate surface area is 97.7 Å². The highest BCUT2D eigenvalue weighted by Crippen LogP contribution is 2.21. The fourth-order valence-electron chi connectivity index (χ4n) is 1.98. The van der Waals surface area contributed by atoms with E-state index >= 15 is 0 Å². The molecule has 0 aromatic carbocycles. The predicted octanol–water partition coefficient (Wildman–Crippen LogP) is 4.98. The fraction of sp³-hybridized carbons (Fsp3) is 1.00. The van der Waals surface area contributed by atoms with Gasteiger partial charge in [0.25, 0.3) is 0 Å². The molecule has 0 heterocycles. The average molecular weight is 230 g/mol. The Bertz CT molecular complexity index is 138. The Hall–Kier alpha value is 0.177. The van der Waals surface area contributed by atoms with Crippen LogP contribution in [0.4, 0.5) is 0 Å². The summed E-state index contributed by atoms with van der Waals surface area (Å²) >= 11 is 0. The topological polar surface area (TPSA) is 9.23 Å². The quantitative estimate of drug-likeness (QED) is 0.380. The summed E-state index contributed by atoms with van der Waals surface area (Å²) in [5.74, 6) is 0. The Kier molecular flexibility index (Phi) is 9.52. The molecule has 2 heteroatoms. The highest BCUT2D eigenvalue weighted by molar-refractivity contribution is 6.72. The van der Waals surface area contributed by atoms with Crippen LogP contribution in [0.3, 0.4) is 0 Å². The van der Waals surface area contributed by atoms with Gasteiger partial charge in [-0.2, -0.15) is 0 Å². The molecule has 92 valence electrons. The maximum atomic E-state index is 5.95.